The summed E-state index contributed by atoms with van der Waals surface area (Å²) in [6.07, 6.45) is 3.43. The Morgan fingerprint density at radius 1 is 0.733 bits per heavy atom. The van der Waals surface area contributed by atoms with Crippen LogP contribution in [0.5, 0.6) is 11.5 Å². The third-order valence-electron chi connectivity index (χ3n) is 7.02. The number of phenolic OH excluding ortho intramolecular Hbond substituents is 2. The Balaban J connectivity index is 0.000000170. The van der Waals surface area contributed by atoms with Crippen LogP contribution in [0.4, 0.5) is 11.6 Å². The summed E-state index contributed by atoms with van der Waals surface area (Å²) in [7, 11) is 0. The van der Waals surface area contributed by atoms with E-state index in [1.165, 1.54) is 43.0 Å². The van der Waals surface area contributed by atoms with Gasteiger partial charge in [0.15, 0.2) is 6.29 Å². The monoisotopic (exact) mass is 656 g/mol. The van der Waals surface area contributed by atoms with Crippen LogP contribution in [0, 0.1) is 0 Å². The van der Waals surface area contributed by atoms with Gasteiger partial charge >= 0.3 is 0 Å². The highest BCUT2D eigenvalue weighted by molar-refractivity contribution is 6.31. The first-order valence-electron chi connectivity index (χ1n) is 14.2. The molecule has 2 aromatic carbocycles. The summed E-state index contributed by atoms with van der Waals surface area (Å²) in [6, 6.07) is 12.4. The van der Waals surface area contributed by atoms with Crippen LogP contribution in [0.3, 0.4) is 0 Å². The molecule has 4 heterocycles. The van der Waals surface area contributed by atoms with Crippen molar-refractivity contribution < 1.29 is 15.0 Å². The molecule has 2 aliphatic heterocycles. The average Bonchev–Trinajstić information content (AvgIpc) is 3.05. The number of aromatic amines is 2. The minimum Gasteiger partial charge on any atom is -0.508 e. The smallest absolute Gasteiger partial charge is 0.252 e. The number of phenols is 2. The zero-order valence-electron chi connectivity index (χ0n) is 24.3. The molecule has 2 saturated heterocycles. The van der Waals surface area contributed by atoms with Gasteiger partial charge in [-0.05, 0) is 36.4 Å². The minimum absolute atomic E-state index is 0.0422. The van der Waals surface area contributed by atoms with E-state index in [2.05, 4.69) is 40.0 Å². The van der Waals surface area contributed by atoms with E-state index in [1.807, 2.05) is 0 Å². The number of anilines is 2. The van der Waals surface area contributed by atoms with Crippen LogP contribution >= 0.6 is 23.2 Å². The molecule has 45 heavy (non-hydrogen) atoms. The summed E-state index contributed by atoms with van der Waals surface area (Å²) in [6.45, 7) is 7.63. The Morgan fingerprint density at radius 3 is 1.80 bits per heavy atom. The molecule has 0 saturated carbocycles. The van der Waals surface area contributed by atoms with Gasteiger partial charge in [-0.1, -0.05) is 23.2 Å². The van der Waals surface area contributed by atoms with E-state index < -0.39 is 0 Å². The van der Waals surface area contributed by atoms with Crippen molar-refractivity contribution in [1.29, 1.82) is 0 Å². The number of hydrogen-bond acceptors (Lipinski definition) is 11. The second-order valence-corrected chi connectivity index (χ2v) is 11.0. The number of halogens is 2. The van der Waals surface area contributed by atoms with Gasteiger partial charge in [-0.15, -0.1) is 0 Å². The lowest BCUT2D eigenvalue weighted by Crippen LogP contribution is -2.46. The number of aromatic hydroxyl groups is 2. The molecule has 0 unspecified atom stereocenters. The summed E-state index contributed by atoms with van der Waals surface area (Å²) in [5, 5.41) is 23.1. The fourth-order valence-corrected chi connectivity index (χ4v) is 5.01. The van der Waals surface area contributed by atoms with Crippen molar-refractivity contribution in [3.8, 4) is 11.5 Å². The molecule has 0 bridgehead atoms. The van der Waals surface area contributed by atoms with Crippen LogP contribution in [-0.4, -0.2) is 93.7 Å². The molecule has 238 valence electrons. The number of rotatable bonds is 5. The molecular weight excluding hydrogens is 623 g/mol. The standard InChI is InChI=1S/C15H17ClN4O2.C8H12N4O.C7H5ClO2/c16-12-1-2-13(21)11(7-12)9-19-3-5-20(6-4-19)14-8-15(22)18-10-17-14;13-8-5-7(10-6-11-8)12-3-1-9-2-4-12;8-6-1-2-7(10)5(3-6)4-9/h1-2,7-8,10,21H,3-6,9H2,(H,17,18,22);5-6,9H,1-4H2,(H,10,11,13);1-4,10H. The molecule has 2 aromatic heterocycles. The lowest BCUT2D eigenvalue weighted by Gasteiger charge is -2.35. The van der Waals surface area contributed by atoms with Gasteiger partial charge in [0.1, 0.15) is 23.1 Å². The third-order valence-corrected chi connectivity index (χ3v) is 7.49. The maximum absolute atomic E-state index is 11.3. The molecule has 0 radical (unpaired) electrons. The van der Waals surface area contributed by atoms with Gasteiger partial charge in [0, 0.05) is 86.6 Å². The van der Waals surface area contributed by atoms with Gasteiger partial charge in [-0.25, -0.2) is 9.97 Å². The van der Waals surface area contributed by atoms with Crippen LogP contribution in [0.15, 0.2) is 70.8 Å². The fourth-order valence-electron chi connectivity index (χ4n) is 4.63. The molecule has 2 fully saturated rings. The van der Waals surface area contributed by atoms with Gasteiger partial charge in [-0.2, -0.15) is 0 Å². The molecule has 0 atom stereocenters. The molecule has 4 aromatic rings. The number of hydrogen-bond donors (Lipinski definition) is 5. The van der Waals surface area contributed by atoms with Crippen molar-refractivity contribution in [3.63, 3.8) is 0 Å². The summed E-state index contributed by atoms with van der Waals surface area (Å²) in [5.41, 5.74) is 0.808. The Bertz CT molecular complexity index is 1670. The third kappa shape index (κ3) is 10.3. The SMILES string of the molecule is O=Cc1cc(Cl)ccc1O.O=c1cc(N2CCN(Cc3cc(Cl)ccc3O)CC2)nc[nH]1.O=c1cc(N2CCNCC2)nc[nH]1. The van der Waals surface area contributed by atoms with Gasteiger partial charge < -0.3 is 35.3 Å². The maximum atomic E-state index is 11.3. The van der Waals surface area contributed by atoms with Gasteiger partial charge in [0.2, 0.25) is 0 Å². The number of aromatic nitrogens is 4. The van der Waals surface area contributed by atoms with Gasteiger partial charge in [-0.3, -0.25) is 19.3 Å². The number of aldehydes is 1. The molecular formula is C30H34Cl2N8O5. The highest BCUT2D eigenvalue weighted by atomic mass is 35.5. The molecule has 0 aliphatic carbocycles. The Morgan fingerprint density at radius 2 is 1.27 bits per heavy atom. The molecule has 0 spiro atoms. The van der Waals surface area contributed by atoms with E-state index in [0.29, 0.717) is 28.7 Å². The lowest BCUT2D eigenvalue weighted by molar-refractivity contribution is 0.112. The van der Waals surface area contributed by atoms with Crippen molar-refractivity contribution in [1.82, 2.24) is 30.2 Å². The van der Waals surface area contributed by atoms with E-state index >= 15 is 0 Å². The summed E-state index contributed by atoms with van der Waals surface area (Å²) >= 11 is 11.5. The first-order valence-corrected chi connectivity index (χ1v) is 14.9. The maximum Gasteiger partial charge on any atom is 0.252 e. The predicted molar refractivity (Wildman–Crippen MR) is 174 cm³/mol. The molecule has 15 heteroatoms. The van der Waals surface area contributed by atoms with E-state index in [4.69, 9.17) is 28.3 Å². The molecule has 0 amide bonds. The number of carbonyl (C=O) groups excluding carboxylic acids is 1. The first kappa shape index (κ1) is 33.5. The molecule has 5 N–H and O–H groups in total. The Kier molecular flexibility index (Phi) is 12.3. The Labute approximate surface area is 269 Å². The van der Waals surface area contributed by atoms with Crippen LogP contribution in [-0.2, 0) is 6.54 Å². The number of nitrogens with one attached hydrogen (secondary N) is 3. The molecule has 6 rings (SSSR count). The van der Waals surface area contributed by atoms with Crippen molar-refractivity contribution in [2.75, 3.05) is 62.2 Å². The number of H-pyrrole nitrogens is 2. The number of nitrogens with zero attached hydrogens (tertiary/aromatic N) is 5. The zero-order chi connectivity index (χ0) is 32.2. The molecule has 13 nitrogen and oxygen atoms in total. The largest absolute Gasteiger partial charge is 0.508 e. The van der Waals surface area contributed by atoms with E-state index in [-0.39, 0.29) is 28.2 Å². The number of benzene rings is 2. The second-order valence-electron chi connectivity index (χ2n) is 10.1. The zero-order valence-corrected chi connectivity index (χ0v) is 25.8. The quantitative estimate of drug-likeness (QED) is 0.200. The van der Waals surface area contributed by atoms with E-state index in [0.717, 1.165) is 63.7 Å². The first-order chi connectivity index (χ1) is 21.7. The normalized spacial score (nSPS) is 14.9. The summed E-state index contributed by atoms with van der Waals surface area (Å²) < 4.78 is 0. The molecule has 2 aliphatic rings. The average molecular weight is 658 g/mol. The van der Waals surface area contributed by atoms with Crippen molar-refractivity contribution in [2.45, 2.75) is 6.54 Å². The highest BCUT2D eigenvalue weighted by Crippen LogP contribution is 2.24. The van der Waals surface area contributed by atoms with Crippen molar-refractivity contribution in [2.24, 2.45) is 0 Å². The Hall–Kier alpha value is -4.43. The van der Waals surface area contributed by atoms with Crippen LogP contribution < -0.4 is 26.2 Å². The number of piperazine rings is 2. The predicted octanol–water partition coefficient (Wildman–Crippen LogP) is 2.49. The van der Waals surface area contributed by atoms with Gasteiger partial charge in [0.05, 0.1) is 18.2 Å². The fraction of sp³-hybridized carbons (Fsp3) is 0.300. The topological polar surface area (TPSA) is 171 Å². The highest BCUT2D eigenvalue weighted by Gasteiger charge is 2.19. The lowest BCUT2D eigenvalue weighted by atomic mass is 10.1. The van der Waals surface area contributed by atoms with Gasteiger partial charge in [0.25, 0.3) is 11.1 Å². The second kappa shape index (κ2) is 16.6. The van der Waals surface area contributed by atoms with Crippen LogP contribution in [0.2, 0.25) is 10.0 Å². The van der Waals surface area contributed by atoms with E-state index in [1.54, 1.807) is 18.2 Å². The summed E-state index contributed by atoms with van der Waals surface area (Å²) in [5.74, 6) is 1.70. The number of carbonyl (C=O) groups is 1. The van der Waals surface area contributed by atoms with Crippen LogP contribution in [0.25, 0.3) is 0 Å². The summed E-state index contributed by atoms with van der Waals surface area (Å²) in [4.78, 5) is 52.2. The van der Waals surface area contributed by atoms with Crippen LogP contribution in [0.1, 0.15) is 15.9 Å². The minimum atomic E-state index is -0.142. The van der Waals surface area contributed by atoms with E-state index in [9.17, 15) is 19.5 Å². The van der Waals surface area contributed by atoms with Crippen molar-refractivity contribution in [3.05, 3.63) is 103 Å². The van der Waals surface area contributed by atoms with Crippen molar-refractivity contribution >= 4 is 41.1 Å².